The summed E-state index contributed by atoms with van der Waals surface area (Å²) in [5, 5.41) is 21.7. The number of hydrogen-bond acceptors (Lipinski definition) is 7. The van der Waals surface area contributed by atoms with Crippen LogP contribution in [0.15, 0.2) is 30.3 Å². The highest BCUT2D eigenvalue weighted by Crippen LogP contribution is 2.34. The van der Waals surface area contributed by atoms with E-state index in [1.54, 1.807) is 18.2 Å². The molecule has 0 aliphatic rings. The van der Waals surface area contributed by atoms with Crippen molar-refractivity contribution in [3.63, 3.8) is 0 Å². The number of β-amino-alcohol motifs (C(OH)–C–C–N with tert-alkyl or cyclic N) is 1. The van der Waals surface area contributed by atoms with E-state index in [1.165, 1.54) is 0 Å². The zero-order valence-corrected chi connectivity index (χ0v) is 15.3. The molecular formula is C17H24ClN5O2. The third-order valence-electron chi connectivity index (χ3n) is 3.35. The summed E-state index contributed by atoms with van der Waals surface area (Å²) in [7, 11) is 0. The highest BCUT2D eigenvalue weighted by molar-refractivity contribution is 6.34. The molecule has 1 unspecified atom stereocenters. The first-order valence-electron chi connectivity index (χ1n) is 7.95. The van der Waals surface area contributed by atoms with Crippen LogP contribution in [0.4, 0.5) is 5.82 Å². The van der Waals surface area contributed by atoms with E-state index in [1.807, 2.05) is 32.9 Å². The minimum atomic E-state index is -0.645. The van der Waals surface area contributed by atoms with Crippen molar-refractivity contribution in [1.82, 2.24) is 15.5 Å². The van der Waals surface area contributed by atoms with Gasteiger partial charge in [0.1, 0.15) is 18.5 Å². The molecule has 1 aromatic heterocycles. The number of nitrogen functional groups attached to an aromatic ring is 1. The number of nitrogens with zero attached hydrogens (tertiary/aromatic N) is 2. The molecule has 8 heteroatoms. The van der Waals surface area contributed by atoms with Crippen molar-refractivity contribution in [3.05, 3.63) is 35.4 Å². The van der Waals surface area contributed by atoms with E-state index in [4.69, 9.17) is 22.2 Å². The van der Waals surface area contributed by atoms with Crippen molar-refractivity contribution in [2.24, 2.45) is 5.84 Å². The van der Waals surface area contributed by atoms with Gasteiger partial charge >= 0.3 is 0 Å². The second-order valence-electron chi connectivity index (χ2n) is 6.66. The summed E-state index contributed by atoms with van der Waals surface area (Å²) in [5.74, 6) is 6.23. The number of hydrazine groups is 1. The van der Waals surface area contributed by atoms with E-state index >= 15 is 0 Å². The lowest BCUT2D eigenvalue weighted by molar-refractivity contribution is 0.100. The van der Waals surface area contributed by atoms with Gasteiger partial charge in [-0.2, -0.15) is 0 Å². The Labute approximate surface area is 152 Å². The molecular weight excluding hydrogens is 342 g/mol. The molecule has 5 N–H and O–H groups in total. The molecule has 0 amide bonds. The number of nitrogens with two attached hydrogens (primary N) is 1. The van der Waals surface area contributed by atoms with Crippen LogP contribution in [0.5, 0.6) is 5.75 Å². The van der Waals surface area contributed by atoms with E-state index in [0.29, 0.717) is 34.4 Å². The molecule has 25 heavy (non-hydrogen) atoms. The van der Waals surface area contributed by atoms with E-state index < -0.39 is 6.10 Å². The fraction of sp³-hybridized carbons (Fsp3) is 0.412. The summed E-state index contributed by atoms with van der Waals surface area (Å²) in [5.41, 5.74) is 3.65. The monoisotopic (exact) mass is 365 g/mol. The number of aromatic nitrogens is 2. The van der Waals surface area contributed by atoms with Crippen molar-refractivity contribution in [1.29, 1.82) is 0 Å². The number of nitrogens with one attached hydrogen (secondary N) is 2. The maximum absolute atomic E-state index is 10.0. The summed E-state index contributed by atoms with van der Waals surface area (Å²) in [6.45, 7) is 6.67. The fourth-order valence-electron chi connectivity index (χ4n) is 2.04. The van der Waals surface area contributed by atoms with Crippen LogP contribution in [0.3, 0.4) is 0 Å². The predicted molar refractivity (Wildman–Crippen MR) is 99.5 cm³/mol. The Bertz CT molecular complexity index is 688. The van der Waals surface area contributed by atoms with Gasteiger partial charge in [-0.15, -0.1) is 10.2 Å². The average molecular weight is 366 g/mol. The molecule has 0 aliphatic heterocycles. The molecule has 1 aromatic carbocycles. The van der Waals surface area contributed by atoms with Crippen LogP contribution in [0.1, 0.15) is 20.8 Å². The Morgan fingerprint density at radius 1 is 1.24 bits per heavy atom. The van der Waals surface area contributed by atoms with Crippen LogP contribution < -0.4 is 21.3 Å². The van der Waals surface area contributed by atoms with Crippen molar-refractivity contribution >= 4 is 17.4 Å². The first-order valence-corrected chi connectivity index (χ1v) is 8.33. The van der Waals surface area contributed by atoms with Crippen LogP contribution in [0.2, 0.25) is 5.02 Å². The SMILES string of the molecule is CC(C)(C)NCC(O)COc1cccc(-c2ccc(NN)nn2)c1Cl. The molecule has 0 radical (unpaired) electrons. The van der Waals surface area contributed by atoms with E-state index in [2.05, 4.69) is 20.9 Å². The van der Waals surface area contributed by atoms with Gasteiger partial charge < -0.3 is 20.6 Å². The van der Waals surface area contributed by atoms with E-state index in [9.17, 15) is 5.11 Å². The van der Waals surface area contributed by atoms with Crippen LogP contribution >= 0.6 is 11.6 Å². The summed E-state index contributed by atoms with van der Waals surface area (Å²) in [4.78, 5) is 0. The van der Waals surface area contributed by atoms with Gasteiger partial charge in [-0.3, -0.25) is 0 Å². The Hall–Kier alpha value is -1.93. The number of halogens is 1. The number of ether oxygens (including phenoxy) is 1. The predicted octanol–water partition coefficient (Wildman–Crippen LogP) is 2.21. The van der Waals surface area contributed by atoms with E-state index in [0.717, 1.165) is 0 Å². The molecule has 1 heterocycles. The Balaban J connectivity index is 2.05. The van der Waals surface area contributed by atoms with Gasteiger partial charge in [-0.1, -0.05) is 23.7 Å². The highest BCUT2D eigenvalue weighted by Gasteiger charge is 2.15. The minimum absolute atomic E-state index is 0.0677. The molecule has 7 nitrogen and oxygen atoms in total. The van der Waals surface area contributed by atoms with Gasteiger partial charge in [-0.25, -0.2) is 5.84 Å². The summed E-state index contributed by atoms with van der Waals surface area (Å²) < 4.78 is 5.67. The number of aliphatic hydroxyl groups is 1. The van der Waals surface area contributed by atoms with Crippen LogP contribution in [0, 0.1) is 0 Å². The zero-order chi connectivity index (χ0) is 18.4. The van der Waals surface area contributed by atoms with Gasteiger partial charge in [0.25, 0.3) is 0 Å². The molecule has 0 fully saturated rings. The number of hydrogen-bond donors (Lipinski definition) is 4. The van der Waals surface area contributed by atoms with Crippen molar-refractivity contribution in [2.75, 3.05) is 18.6 Å². The van der Waals surface area contributed by atoms with Gasteiger partial charge in [-0.05, 0) is 39.0 Å². The first-order chi connectivity index (χ1) is 11.8. The molecule has 0 saturated heterocycles. The lowest BCUT2D eigenvalue weighted by atomic mass is 10.1. The lowest BCUT2D eigenvalue weighted by Gasteiger charge is -2.23. The van der Waals surface area contributed by atoms with Gasteiger partial charge in [0.15, 0.2) is 5.82 Å². The summed E-state index contributed by atoms with van der Waals surface area (Å²) in [6, 6.07) is 8.85. The minimum Gasteiger partial charge on any atom is -0.489 e. The number of benzene rings is 1. The Kier molecular flexibility index (Phi) is 6.55. The third-order valence-corrected chi connectivity index (χ3v) is 3.74. The second kappa shape index (κ2) is 8.44. The first kappa shape index (κ1) is 19.4. The Morgan fingerprint density at radius 2 is 2.00 bits per heavy atom. The maximum Gasteiger partial charge on any atom is 0.162 e. The average Bonchev–Trinajstić information content (AvgIpc) is 2.58. The molecule has 0 aliphatic carbocycles. The van der Waals surface area contributed by atoms with Gasteiger partial charge in [0.05, 0.1) is 10.7 Å². The van der Waals surface area contributed by atoms with Crippen LogP contribution in [-0.4, -0.2) is 40.1 Å². The summed E-state index contributed by atoms with van der Waals surface area (Å²) >= 11 is 6.42. The second-order valence-corrected chi connectivity index (χ2v) is 7.04. The molecule has 1 atom stereocenters. The molecule has 136 valence electrons. The number of anilines is 1. The summed E-state index contributed by atoms with van der Waals surface area (Å²) in [6.07, 6.45) is -0.645. The zero-order valence-electron chi connectivity index (χ0n) is 14.6. The van der Waals surface area contributed by atoms with Crippen LogP contribution in [0.25, 0.3) is 11.3 Å². The topological polar surface area (TPSA) is 105 Å². The third kappa shape index (κ3) is 5.82. The molecule has 2 rings (SSSR count). The standard InChI is InChI=1S/C17H24ClN5O2/c1-17(2,3)20-9-11(24)10-25-14-6-4-5-12(16(14)18)13-7-8-15(21-19)23-22-13/h4-8,11,20,24H,9-10,19H2,1-3H3,(H,21,23). The molecule has 0 spiro atoms. The van der Waals surface area contributed by atoms with E-state index in [-0.39, 0.29) is 12.1 Å². The van der Waals surface area contributed by atoms with Crippen molar-refractivity contribution in [3.8, 4) is 17.0 Å². The number of aliphatic hydroxyl groups excluding tert-OH is 1. The fourth-order valence-corrected chi connectivity index (χ4v) is 2.32. The maximum atomic E-state index is 10.0. The van der Waals surface area contributed by atoms with Gasteiger partial charge in [0, 0.05) is 17.6 Å². The van der Waals surface area contributed by atoms with Gasteiger partial charge in [0.2, 0.25) is 0 Å². The quantitative estimate of drug-likeness (QED) is 0.440. The van der Waals surface area contributed by atoms with Crippen molar-refractivity contribution < 1.29 is 9.84 Å². The normalized spacial score (nSPS) is 12.7. The smallest absolute Gasteiger partial charge is 0.162 e. The molecule has 0 saturated carbocycles. The number of rotatable bonds is 7. The molecule has 0 bridgehead atoms. The molecule has 2 aromatic rings. The van der Waals surface area contributed by atoms with Crippen molar-refractivity contribution in [2.45, 2.75) is 32.4 Å². The van der Waals surface area contributed by atoms with Crippen LogP contribution in [-0.2, 0) is 0 Å². The lowest BCUT2D eigenvalue weighted by Crippen LogP contribution is -2.42. The largest absolute Gasteiger partial charge is 0.489 e. The highest BCUT2D eigenvalue weighted by atomic mass is 35.5. The Morgan fingerprint density at radius 3 is 2.60 bits per heavy atom.